The van der Waals surface area contributed by atoms with Crippen LogP contribution < -0.4 is 0 Å². The molecular formula is C20H28F2N4O. The molecule has 3 rings (SSSR count). The van der Waals surface area contributed by atoms with Crippen LogP contribution in [-0.4, -0.2) is 66.4 Å². The molecule has 0 amide bonds. The van der Waals surface area contributed by atoms with Crippen LogP contribution in [0.1, 0.15) is 19.4 Å². The van der Waals surface area contributed by atoms with Gasteiger partial charge in [-0.1, -0.05) is 19.9 Å². The molecule has 1 aromatic heterocycles. The molecule has 1 aliphatic heterocycles. The number of nitrogens with one attached hydrogen (secondary N) is 1. The lowest BCUT2D eigenvalue weighted by Gasteiger charge is -2.37. The maximum atomic E-state index is 14.1. The van der Waals surface area contributed by atoms with Crippen molar-refractivity contribution in [1.29, 1.82) is 0 Å². The molecule has 0 atom stereocenters. The zero-order valence-corrected chi connectivity index (χ0v) is 16.3. The lowest BCUT2D eigenvalue weighted by Crippen LogP contribution is -2.45. The van der Waals surface area contributed by atoms with Crippen molar-refractivity contribution < 1.29 is 13.5 Å². The first-order valence-corrected chi connectivity index (χ1v) is 9.31. The van der Waals surface area contributed by atoms with Crippen LogP contribution in [0.4, 0.5) is 8.78 Å². The molecule has 0 radical (unpaired) electrons. The predicted octanol–water partition coefficient (Wildman–Crippen LogP) is 3.15. The zero-order valence-electron chi connectivity index (χ0n) is 16.3. The summed E-state index contributed by atoms with van der Waals surface area (Å²) in [5.74, 6) is -1.17. The summed E-state index contributed by atoms with van der Waals surface area (Å²) in [4.78, 5) is 4.60. The number of rotatable bonds is 7. The van der Waals surface area contributed by atoms with Crippen LogP contribution in [0.3, 0.4) is 0 Å². The number of benzene rings is 1. The Morgan fingerprint density at radius 2 is 1.89 bits per heavy atom. The molecule has 1 N–H and O–H groups in total. The van der Waals surface area contributed by atoms with E-state index in [9.17, 15) is 8.78 Å². The normalized spacial score (nSPS) is 16.2. The molecule has 1 aromatic carbocycles. The molecule has 0 aliphatic carbocycles. The number of aromatic amines is 1. The van der Waals surface area contributed by atoms with Crippen molar-refractivity contribution in [3.8, 4) is 11.3 Å². The van der Waals surface area contributed by atoms with Gasteiger partial charge in [0.1, 0.15) is 11.6 Å². The average molecular weight is 378 g/mol. The second-order valence-electron chi connectivity index (χ2n) is 8.09. The highest BCUT2D eigenvalue weighted by Gasteiger charge is 2.25. The summed E-state index contributed by atoms with van der Waals surface area (Å²) >= 11 is 0. The minimum absolute atomic E-state index is 0.0500. The number of hydrogen-bond acceptors (Lipinski definition) is 4. The molecule has 27 heavy (non-hydrogen) atoms. The highest BCUT2D eigenvalue weighted by atomic mass is 19.1. The van der Waals surface area contributed by atoms with E-state index in [4.69, 9.17) is 4.74 Å². The van der Waals surface area contributed by atoms with Gasteiger partial charge in [0.25, 0.3) is 0 Å². The van der Waals surface area contributed by atoms with Gasteiger partial charge < -0.3 is 9.64 Å². The molecular weight excluding hydrogens is 350 g/mol. The lowest BCUT2D eigenvalue weighted by molar-refractivity contribution is 0.0161. The van der Waals surface area contributed by atoms with Gasteiger partial charge in [0, 0.05) is 38.3 Å². The predicted molar refractivity (Wildman–Crippen MR) is 101 cm³/mol. The van der Waals surface area contributed by atoms with E-state index in [1.807, 2.05) is 7.05 Å². The van der Waals surface area contributed by atoms with Gasteiger partial charge in [-0.25, -0.2) is 8.78 Å². The molecule has 0 unspecified atom stereocenters. The fourth-order valence-electron chi connectivity index (χ4n) is 3.88. The number of aromatic nitrogens is 2. The maximum absolute atomic E-state index is 14.1. The van der Waals surface area contributed by atoms with Crippen LogP contribution >= 0.6 is 0 Å². The summed E-state index contributed by atoms with van der Waals surface area (Å²) in [7, 11) is 2.02. The summed E-state index contributed by atoms with van der Waals surface area (Å²) < 4.78 is 33.7. The Balaban J connectivity index is 1.66. The molecule has 0 spiro atoms. The summed E-state index contributed by atoms with van der Waals surface area (Å²) in [6, 6.07) is 3.89. The van der Waals surface area contributed by atoms with Gasteiger partial charge in [-0.2, -0.15) is 5.10 Å². The van der Waals surface area contributed by atoms with Gasteiger partial charge in [-0.05, 0) is 24.6 Å². The van der Waals surface area contributed by atoms with Gasteiger partial charge in [0.15, 0.2) is 0 Å². The standard InChI is InChI=1S/C20H28F2N4O/c1-20(2,14-26-7-9-27-10-8-26)13-25(3)12-15-11-23-24-19(15)18-16(21)5-4-6-17(18)22/h4-6,11H,7-10,12-14H2,1-3H3,(H,23,24). The van der Waals surface area contributed by atoms with Crippen molar-refractivity contribution in [2.45, 2.75) is 20.4 Å². The van der Waals surface area contributed by atoms with Crippen molar-refractivity contribution in [1.82, 2.24) is 20.0 Å². The first-order chi connectivity index (χ1) is 12.9. The first-order valence-electron chi connectivity index (χ1n) is 9.31. The number of morpholine rings is 1. The van der Waals surface area contributed by atoms with Crippen molar-refractivity contribution in [2.24, 2.45) is 5.41 Å². The number of H-pyrrole nitrogens is 1. The maximum Gasteiger partial charge on any atom is 0.135 e. The third-order valence-corrected chi connectivity index (χ3v) is 4.82. The molecule has 0 bridgehead atoms. The van der Waals surface area contributed by atoms with Crippen LogP contribution in [0.2, 0.25) is 0 Å². The molecule has 1 fully saturated rings. The van der Waals surface area contributed by atoms with Gasteiger partial charge >= 0.3 is 0 Å². The summed E-state index contributed by atoms with van der Waals surface area (Å²) in [6.07, 6.45) is 1.65. The van der Waals surface area contributed by atoms with Gasteiger partial charge in [0.05, 0.1) is 30.7 Å². The van der Waals surface area contributed by atoms with E-state index in [2.05, 4.69) is 33.8 Å². The monoisotopic (exact) mass is 378 g/mol. The summed E-state index contributed by atoms with van der Waals surface area (Å²) in [5.41, 5.74) is 1.22. The molecule has 7 heteroatoms. The topological polar surface area (TPSA) is 44.4 Å². The lowest BCUT2D eigenvalue weighted by atomic mass is 9.91. The second-order valence-corrected chi connectivity index (χ2v) is 8.09. The number of hydrogen-bond donors (Lipinski definition) is 1. The van der Waals surface area contributed by atoms with E-state index >= 15 is 0 Å². The van der Waals surface area contributed by atoms with E-state index in [1.54, 1.807) is 6.20 Å². The van der Waals surface area contributed by atoms with Gasteiger partial charge in [-0.15, -0.1) is 0 Å². The van der Waals surface area contributed by atoms with Gasteiger partial charge in [0.2, 0.25) is 0 Å². The SMILES string of the molecule is CN(Cc1cn[nH]c1-c1c(F)cccc1F)CC(C)(C)CN1CCOCC1. The van der Waals surface area contributed by atoms with Crippen LogP contribution in [0.5, 0.6) is 0 Å². The average Bonchev–Trinajstić information content (AvgIpc) is 3.02. The van der Waals surface area contributed by atoms with E-state index in [0.717, 1.165) is 45.0 Å². The van der Waals surface area contributed by atoms with E-state index in [1.165, 1.54) is 18.2 Å². The molecule has 1 saturated heterocycles. The largest absolute Gasteiger partial charge is 0.379 e. The number of nitrogens with zero attached hydrogens (tertiary/aromatic N) is 3. The first kappa shape index (κ1) is 19.9. The van der Waals surface area contributed by atoms with Crippen molar-refractivity contribution >= 4 is 0 Å². The fraction of sp³-hybridized carbons (Fsp3) is 0.550. The Bertz CT molecular complexity index is 736. The molecule has 0 saturated carbocycles. The Labute approximate surface area is 159 Å². The Hall–Kier alpha value is -1.83. The highest BCUT2D eigenvalue weighted by Crippen LogP contribution is 2.28. The van der Waals surface area contributed by atoms with E-state index < -0.39 is 11.6 Å². The second kappa shape index (κ2) is 8.46. The van der Waals surface area contributed by atoms with Crippen molar-refractivity contribution in [3.05, 3.63) is 41.6 Å². The van der Waals surface area contributed by atoms with Crippen LogP contribution in [0, 0.1) is 17.0 Å². The summed E-state index contributed by atoms with van der Waals surface area (Å²) in [5, 5.41) is 6.78. The summed E-state index contributed by atoms with van der Waals surface area (Å²) in [6.45, 7) is 10.4. The van der Waals surface area contributed by atoms with Crippen LogP contribution in [0.25, 0.3) is 11.3 Å². The van der Waals surface area contributed by atoms with Crippen LogP contribution in [0.15, 0.2) is 24.4 Å². The zero-order chi connectivity index (χ0) is 19.4. The number of halogens is 2. The van der Waals surface area contributed by atoms with E-state index in [-0.39, 0.29) is 11.0 Å². The Morgan fingerprint density at radius 1 is 1.22 bits per heavy atom. The highest BCUT2D eigenvalue weighted by molar-refractivity contribution is 5.64. The van der Waals surface area contributed by atoms with Gasteiger partial charge in [-0.3, -0.25) is 10.00 Å². The molecule has 1 aliphatic rings. The molecule has 148 valence electrons. The third kappa shape index (κ3) is 5.12. The van der Waals surface area contributed by atoms with Crippen LogP contribution in [-0.2, 0) is 11.3 Å². The third-order valence-electron chi connectivity index (χ3n) is 4.82. The molecule has 2 heterocycles. The van der Waals surface area contributed by atoms with Crippen molar-refractivity contribution in [2.75, 3.05) is 46.4 Å². The Morgan fingerprint density at radius 3 is 2.56 bits per heavy atom. The molecule has 5 nitrogen and oxygen atoms in total. The smallest absolute Gasteiger partial charge is 0.135 e. The minimum atomic E-state index is -0.587. The van der Waals surface area contributed by atoms with Crippen molar-refractivity contribution in [3.63, 3.8) is 0 Å². The number of ether oxygens (including phenoxy) is 1. The fourth-order valence-corrected chi connectivity index (χ4v) is 3.88. The van der Waals surface area contributed by atoms with E-state index in [0.29, 0.717) is 12.2 Å². The quantitative estimate of drug-likeness (QED) is 0.804. The molecule has 2 aromatic rings. The Kier molecular flexibility index (Phi) is 6.24. The minimum Gasteiger partial charge on any atom is -0.379 e.